The number of aromatic nitrogens is 5. The third kappa shape index (κ3) is 4.80. The van der Waals surface area contributed by atoms with Crippen molar-refractivity contribution in [3.05, 3.63) is 87.1 Å². The number of aliphatic hydroxyl groups is 1. The van der Waals surface area contributed by atoms with Crippen LogP contribution in [0.5, 0.6) is 0 Å². The maximum atomic E-state index is 12.8. The van der Waals surface area contributed by atoms with Crippen LogP contribution in [0.1, 0.15) is 32.1 Å². The van der Waals surface area contributed by atoms with Crippen LogP contribution in [0.2, 0.25) is 5.02 Å². The molecule has 5 heterocycles. The molecule has 2 fully saturated rings. The van der Waals surface area contributed by atoms with E-state index in [1.165, 1.54) is 29.0 Å². The lowest BCUT2D eigenvalue weighted by Gasteiger charge is -2.42. The summed E-state index contributed by atoms with van der Waals surface area (Å²) < 4.78 is 3.38. The Hall–Kier alpha value is -4.35. The quantitative estimate of drug-likeness (QED) is 0.266. The number of rotatable bonds is 5. The SMILES string of the molecule is NC1CCCC12CCN(c1ncc(Sc3cccc(NC(O)=c4c(=O)nc5ccccn5c4=C=O)c3Cl)c3nccn13)CC2. The van der Waals surface area contributed by atoms with Gasteiger partial charge in [0.15, 0.2) is 16.9 Å². The van der Waals surface area contributed by atoms with Gasteiger partial charge in [-0.05, 0) is 55.4 Å². The average Bonchev–Trinajstić information content (AvgIpc) is 3.66. The van der Waals surface area contributed by atoms with Crippen molar-refractivity contribution >= 4 is 58.1 Å². The van der Waals surface area contributed by atoms with E-state index in [0.29, 0.717) is 15.6 Å². The van der Waals surface area contributed by atoms with Crippen molar-refractivity contribution in [1.82, 2.24) is 23.8 Å². The van der Waals surface area contributed by atoms with Crippen molar-refractivity contribution in [3.63, 3.8) is 0 Å². The van der Waals surface area contributed by atoms with Crippen LogP contribution in [0.4, 0.5) is 11.6 Å². The molecule has 44 heavy (non-hydrogen) atoms. The zero-order valence-corrected chi connectivity index (χ0v) is 25.2. The Bertz CT molecular complexity index is 2120. The maximum absolute atomic E-state index is 12.8. The number of benzene rings is 1. The van der Waals surface area contributed by atoms with Crippen molar-refractivity contribution in [2.75, 3.05) is 23.3 Å². The van der Waals surface area contributed by atoms with Crippen molar-refractivity contribution < 1.29 is 9.90 Å². The highest BCUT2D eigenvalue weighted by Crippen LogP contribution is 2.46. The molecule has 1 aliphatic heterocycles. The molecule has 1 unspecified atom stereocenters. The number of halogens is 1. The largest absolute Gasteiger partial charge is 0.494 e. The summed E-state index contributed by atoms with van der Waals surface area (Å²) in [5.74, 6) is 2.04. The summed E-state index contributed by atoms with van der Waals surface area (Å²) >= 11 is 8.18. The molecule has 1 spiro atoms. The van der Waals surface area contributed by atoms with Gasteiger partial charge in [-0.1, -0.05) is 41.9 Å². The lowest BCUT2D eigenvalue weighted by molar-refractivity contribution is 0.197. The number of piperidine rings is 1. The molecule has 1 atom stereocenters. The van der Waals surface area contributed by atoms with Crippen LogP contribution in [0.25, 0.3) is 17.2 Å². The molecule has 13 heteroatoms. The number of anilines is 2. The first kappa shape index (κ1) is 28.4. The summed E-state index contributed by atoms with van der Waals surface area (Å²) in [6.45, 7) is 1.81. The molecule has 2 aliphatic rings. The Kier molecular flexibility index (Phi) is 7.30. The van der Waals surface area contributed by atoms with Gasteiger partial charge in [0.25, 0.3) is 5.56 Å². The van der Waals surface area contributed by atoms with Gasteiger partial charge in [0.2, 0.25) is 11.8 Å². The summed E-state index contributed by atoms with van der Waals surface area (Å²) in [5, 5.41) is 13.6. The molecule has 224 valence electrons. The monoisotopic (exact) mass is 628 g/mol. The third-order valence-electron chi connectivity index (χ3n) is 8.91. The van der Waals surface area contributed by atoms with Crippen LogP contribution in [0, 0.1) is 5.41 Å². The third-order valence-corrected chi connectivity index (χ3v) is 10.5. The Morgan fingerprint density at radius 3 is 2.70 bits per heavy atom. The van der Waals surface area contributed by atoms with E-state index in [2.05, 4.69) is 20.2 Å². The first-order valence-corrected chi connectivity index (χ1v) is 15.6. The summed E-state index contributed by atoms with van der Waals surface area (Å²) in [6.07, 6.45) is 12.7. The first-order chi connectivity index (χ1) is 21.4. The zero-order valence-electron chi connectivity index (χ0n) is 23.6. The van der Waals surface area contributed by atoms with E-state index >= 15 is 0 Å². The van der Waals surface area contributed by atoms with Crippen molar-refractivity contribution in [1.29, 1.82) is 0 Å². The molecule has 0 radical (unpaired) electrons. The van der Waals surface area contributed by atoms with E-state index in [0.717, 1.165) is 48.8 Å². The molecule has 0 bridgehead atoms. The van der Waals surface area contributed by atoms with Crippen LogP contribution >= 0.6 is 23.4 Å². The zero-order chi connectivity index (χ0) is 30.4. The van der Waals surface area contributed by atoms with Crippen LogP contribution in [0.15, 0.2) is 75.8 Å². The fourth-order valence-corrected chi connectivity index (χ4v) is 7.75. The predicted octanol–water partition coefficient (Wildman–Crippen LogP) is 2.88. The molecule has 4 N–H and O–H groups in total. The Morgan fingerprint density at radius 2 is 1.93 bits per heavy atom. The standard InChI is InChI=1S/C31H29ClN8O3S/c32-26-19(36-28(42)25-20(18-41)39-13-2-1-8-24(39)37-29(25)43)5-3-6-21(26)44-22-17-35-30(40-16-12-34-27(22)40)38-14-10-31(11-15-38)9-4-7-23(31)33/h1-3,5-6,8,12-13,16-17,23,36,42H,4,7,9-11,14-15,33H2. The van der Waals surface area contributed by atoms with Gasteiger partial charge in [0.05, 0.1) is 15.6 Å². The number of aliphatic hydroxyl groups excluding tert-OH is 1. The number of pyridine rings is 1. The van der Waals surface area contributed by atoms with E-state index in [-0.39, 0.29) is 27.7 Å². The molecule has 1 saturated carbocycles. The van der Waals surface area contributed by atoms with Gasteiger partial charge in [-0.25, -0.2) is 14.8 Å². The number of hydrogen-bond acceptors (Lipinski definition) is 10. The van der Waals surface area contributed by atoms with Gasteiger partial charge >= 0.3 is 0 Å². The van der Waals surface area contributed by atoms with E-state index in [1.54, 1.807) is 48.7 Å². The number of hydrogen-bond donors (Lipinski definition) is 3. The van der Waals surface area contributed by atoms with Crippen LogP contribution in [0.3, 0.4) is 0 Å². The van der Waals surface area contributed by atoms with Crippen LogP contribution in [-0.2, 0) is 4.79 Å². The molecule has 1 saturated heterocycles. The highest BCUT2D eigenvalue weighted by Gasteiger charge is 2.43. The minimum Gasteiger partial charge on any atom is -0.494 e. The van der Waals surface area contributed by atoms with Gasteiger partial charge in [0, 0.05) is 48.8 Å². The summed E-state index contributed by atoms with van der Waals surface area (Å²) in [6, 6.07) is 10.5. The Labute approximate surface area is 260 Å². The number of imidazole rings is 1. The van der Waals surface area contributed by atoms with Crippen LogP contribution in [-0.4, -0.2) is 53.9 Å². The molecule has 1 aliphatic carbocycles. The molecule has 5 aromatic rings. The first-order valence-electron chi connectivity index (χ1n) is 14.4. The highest BCUT2D eigenvalue weighted by atomic mass is 35.5. The summed E-state index contributed by atoms with van der Waals surface area (Å²) in [5.41, 5.74) is 7.33. The maximum Gasteiger partial charge on any atom is 0.287 e. The normalized spacial score (nSPS) is 18.6. The van der Waals surface area contributed by atoms with Gasteiger partial charge in [-0.2, -0.15) is 4.98 Å². The van der Waals surface area contributed by atoms with Crippen molar-refractivity contribution in [2.24, 2.45) is 11.1 Å². The second-order valence-corrected chi connectivity index (χ2v) is 12.7. The summed E-state index contributed by atoms with van der Waals surface area (Å²) in [7, 11) is 0. The van der Waals surface area contributed by atoms with Gasteiger partial charge < -0.3 is 21.1 Å². The number of nitrogens with zero attached hydrogens (tertiary/aromatic N) is 6. The molecule has 11 nitrogen and oxygen atoms in total. The summed E-state index contributed by atoms with van der Waals surface area (Å²) in [4.78, 5) is 41.8. The van der Waals surface area contributed by atoms with E-state index in [4.69, 9.17) is 22.3 Å². The van der Waals surface area contributed by atoms with E-state index in [9.17, 15) is 14.7 Å². The molecular formula is C31H29ClN8O3S. The number of nitrogens with one attached hydrogen (secondary N) is 1. The van der Waals surface area contributed by atoms with Crippen LogP contribution < -0.4 is 32.1 Å². The minimum absolute atomic E-state index is 0.157. The topological polar surface area (TPSA) is 143 Å². The van der Waals surface area contributed by atoms with Crippen molar-refractivity contribution in [3.8, 4) is 0 Å². The minimum atomic E-state index is -0.774. The number of nitrogens with two attached hydrogens (primary N) is 1. The lowest BCUT2D eigenvalue weighted by Crippen LogP contribution is -2.48. The van der Waals surface area contributed by atoms with Crippen molar-refractivity contribution in [2.45, 2.75) is 47.9 Å². The Morgan fingerprint density at radius 1 is 1.09 bits per heavy atom. The second kappa shape index (κ2) is 11.3. The van der Waals surface area contributed by atoms with Gasteiger partial charge in [-0.15, -0.1) is 0 Å². The highest BCUT2D eigenvalue weighted by molar-refractivity contribution is 7.99. The molecular weight excluding hydrogens is 600 g/mol. The molecule has 1 aromatic carbocycles. The predicted molar refractivity (Wildman–Crippen MR) is 169 cm³/mol. The molecule has 7 rings (SSSR count). The lowest BCUT2D eigenvalue weighted by atomic mass is 9.74. The van der Waals surface area contributed by atoms with E-state index < -0.39 is 11.4 Å². The van der Waals surface area contributed by atoms with Gasteiger partial charge in [0.1, 0.15) is 10.9 Å². The van der Waals surface area contributed by atoms with Gasteiger partial charge in [-0.3, -0.25) is 13.6 Å². The second-order valence-electron chi connectivity index (χ2n) is 11.3. The Balaban J connectivity index is 1.18. The number of carbonyl (C=O) groups excluding carboxylic acids is 1. The fraction of sp³-hybridized carbons (Fsp3) is 0.290. The molecule has 4 aromatic heterocycles. The smallest absolute Gasteiger partial charge is 0.287 e. The molecule has 0 amide bonds. The number of fused-ring (bicyclic) bond motifs is 2. The average molecular weight is 629 g/mol. The fourth-order valence-electron chi connectivity index (χ4n) is 6.53. The van der Waals surface area contributed by atoms with E-state index in [1.807, 2.05) is 22.9 Å².